The second-order valence-corrected chi connectivity index (χ2v) is 4.01. The predicted molar refractivity (Wildman–Crippen MR) is 68.8 cm³/mol. The van der Waals surface area contributed by atoms with E-state index in [0.29, 0.717) is 0 Å². The number of hydrogen-bond donors (Lipinski definition) is 1. The average molecular weight is 240 g/mol. The number of benzene rings is 1. The number of fused-ring (bicyclic) bond motifs is 1. The second-order valence-electron chi connectivity index (χ2n) is 4.01. The van der Waals surface area contributed by atoms with Gasteiger partial charge in [0.15, 0.2) is 0 Å². The fraction of sp³-hybridized carbons (Fsp3) is 0.0714. The van der Waals surface area contributed by atoms with E-state index < -0.39 is 0 Å². The molecule has 0 unspecified atom stereocenters. The highest BCUT2D eigenvalue weighted by molar-refractivity contribution is 5.64. The number of rotatable bonds is 2. The van der Waals surface area contributed by atoms with Crippen LogP contribution in [0.15, 0.2) is 48.8 Å². The molecule has 1 N–H and O–H groups in total. The Hall–Kier alpha value is -2.49. The number of pyridine rings is 1. The van der Waals surface area contributed by atoms with Crippen LogP contribution in [0.25, 0.3) is 16.9 Å². The SMILES string of the molecule is COc1ccc2nc(-c3cccc(O)c3)cn2c1. The average Bonchev–Trinajstić information content (AvgIpc) is 2.81. The van der Waals surface area contributed by atoms with E-state index in [9.17, 15) is 5.11 Å². The lowest BCUT2D eigenvalue weighted by atomic mass is 10.1. The third kappa shape index (κ3) is 1.78. The summed E-state index contributed by atoms with van der Waals surface area (Å²) in [6, 6.07) is 10.8. The van der Waals surface area contributed by atoms with Gasteiger partial charge in [0, 0.05) is 11.8 Å². The minimum Gasteiger partial charge on any atom is -0.508 e. The first-order chi connectivity index (χ1) is 8.76. The minimum absolute atomic E-state index is 0.238. The maximum absolute atomic E-state index is 9.48. The summed E-state index contributed by atoms with van der Waals surface area (Å²) in [5, 5.41) is 9.48. The van der Waals surface area contributed by atoms with Gasteiger partial charge < -0.3 is 14.2 Å². The topological polar surface area (TPSA) is 46.8 Å². The fourth-order valence-electron chi connectivity index (χ4n) is 1.90. The van der Waals surface area contributed by atoms with Crippen molar-refractivity contribution in [2.75, 3.05) is 7.11 Å². The number of hydrogen-bond acceptors (Lipinski definition) is 3. The molecule has 1 aromatic carbocycles. The van der Waals surface area contributed by atoms with E-state index in [2.05, 4.69) is 4.98 Å². The first-order valence-electron chi connectivity index (χ1n) is 5.58. The molecule has 2 heterocycles. The Bertz CT molecular complexity index is 704. The molecule has 3 aromatic rings. The summed E-state index contributed by atoms with van der Waals surface area (Å²) in [5.41, 5.74) is 2.55. The highest BCUT2D eigenvalue weighted by Gasteiger charge is 2.05. The number of imidazole rings is 1. The molecule has 0 saturated heterocycles. The second kappa shape index (κ2) is 4.07. The fourth-order valence-corrected chi connectivity index (χ4v) is 1.90. The third-order valence-corrected chi connectivity index (χ3v) is 2.80. The molecule has 0 bridgehead atoms. The van der Waals surface area contributed by atoms with E-state index in [1.54, 1.807) is 25.3 Å². The van der Waals surface area contributed by atoms with Crippen LogP contribution in [0.3, 0.4) is 0 Å². The van der Waals surface area contributed by atoms with Crippen LogP contribution in [0.1, 0.15) is 0 Å². The number of aromatic hydroxyl groups is 1. The van der Waals surface area contributed by atoms with Crippen LogP contribution < -0.4 is 4.74 Å². The smallest absolute Gasteiger partial charge is 0.137 e. The Morgan fingerprint density at radius 3 is 2.83 bits per heavy atom. The molecule has 90 valence electrons. The van der Waals surface area contributed by atoms with Crippen molar-refractivity contribution in [3.63, 3.8) is 0 Å². The summed E-state index contributed by atoms with van der Waals surface area (Å²) in [6.07, 6.45) is 3.78. The van der Waals surface area contributed by atoms with Gasteiger partial charge in [-0.05, 0) is 24.3 Å². The van der Waals surface area contributed by atoms with Crippen LogP contribution in [0.5, 0.6) is 11.5 Å². The van der Waals surface area contributed by atoms with Crippen molar-refractivity contribution in [2.45, 2.75) is 0 Å². The van der Waals surface area contributed by atoms with Crippen molar-refractivity contribution in [3.05, 3.63) is 48.8 Å². The molecule has 2 aromatic heterocycles. The van der Waals surface area contributed by atoms with Gasteiger partial charge in [-0.3, -0.25) is 0 Å². The number of methoxy groups -OCH3 is 1. The van der Waals surface area contributed by atoms with Crippen LogP contribution in [-0.4, -0.2) is 21.6 Å². The molecule has 18 heavy (non-hydrogen) atoms. The van der Waals surface area contributed by atoms with E-state index in [0.717, 1.165) is 22.7 Å². The van der Waals surface area contributed by atoms with E-state index in [1.807, 2.05) is 35.0 Å². The van der Waals surface area contributed by atoms with Crippen LogP contribution in [0, 0.1) is 0 Å². The first kappa shape index (κ1) is 10.7. The standard InChI is InChI=1S/C14H12N2O2/c1-18-12-5-6-14-15-13(9-16(14)8-12)10-3-2-4-11(17)7-10/h2-9,17H,1H3. The summed E-state index contributed by atoms with van der Waals surface area (Å²) < 4.78 is 7.07. The van der Waals surface area contributed by atoms with Gasteiger partial charge in [0.2, 0.25) is 0 Å². The lowest BCUT2D eigenvalue weighted by Gasteiger charge is -1.98. The van der Waals surface area contributed by atoms with Gasteiger partial charge >= 0.3 is 0 Å². The van der Waals surface area contributed by atoms with E-state index in [1.165, 1.54) is 0 Å². The highest BCUT2D eigenvalue weighted by atomic mass is 16.5. The van der Waals surface area contributed by atoms with Crippen molar-refractivity contribution in [3.8, 4) is 22.8 Å². The molecule has 0 aliphatic heterocycles. The highest BCUT2D eigenvalue weighted by Crippen LogP contribution is 2.23. The molecule has 0 fully saturated rings. The van der Waals surface area contributed by atoms with E-state index in [4.69, 9.17) is 4.74 Å². The molecule has 0 radical (unpaired) electrons. The summed E-state index contributed by atoms with van der Waals surface area (Å²) in [5.74, 6) is 1.02. The van der Waals surface area contributed by atoms with Gasteiger partial charge in [-0.25, -0.2) is 4.98 Å². The number of ether oxygens (including phenoxy) is 1. The van der Waals surface area contributed by atoms with Gasteiger partial charge in [-0.1, -0.05) is 12.1 Å². The summed E-state index contributed by atoms with van der Waals surface area (Å²) in [6.45, 7) is 0. The zero-order chi connectivity index (χ0) is 12.5. The molecule has 4 heteroatoms. The lowest BCUT2D eigenvalue weighted by molar-refractivity contribution is 0.412. The van der Waals surface area contributed by atoms with E-state index >= 15 is 0 Å². The molecule has 4 nitrogen and oxygen atoms in total. The van der Waals surface area contributed by atoms with E-state index in [-0.39, 0.29) is 5.75 Å². The number of nitrogens with zero attached hydrogens (tertiary/aromatic N) is 2. The number of phenols is 1. The maximum atomic E-state index is 9.48. The van der Waals surface area contributed by atoms with Crippen molar-refractivity contribution in [1.29, 1.82) is 0 Å². The number of aromatic nitrogens is 2. The van der Waals surface area contributed by atoms with Crippen LogP contribution in [-0.2, 0) is 0 Å². The monoisotopic (exact) mass is 240 g/mol. The Kier molecular flexibility index (Phi) is 2.41. The molecule has 0 saturated carbocycles. The molecule has 0 aliphatic carbocycles. The minimum atomic E-state index is 0.238. The van der Waals surface area contributed by atoms with Crippen molar-refractivity contribution >= 4 is 5.65 Å². The molecule has 0 aliphatic rings. The first-order valence-corrected chi connectivity index (χ1v) is 5.58. The van der Waals surface area contributed by atoms with Gasteiger partial charge in [0.25, 0.3) is 0 Å². The molecule has 3 rings (SSSR count). The summed E-state index contributed by atoms with van der Waals surface area (Å²) >= 11 is 0. The van der Waals surface area contributed by atoms with Crippen molar-refractivity contribution < 1.29 is 9.84 Å². The normalized spacial score (nSPS) is 10.7. The zero-order valence-electron chi connectivity index (χ0n) is 9.87. The summed E-state index contributed by atoms with van der Waals surface area (Å²) in [7, 11) is 1.63. The number of phenolic OH excluding ortho intramolecular Hbond substituents is 1. The molecular formula is C14H12N2O2. The molecule has 0 atom stereocenters. The molecular weight excluding hydrogens is 228 g/mol. The quantitative estimate of drug-likeness (QED) is 0.749. The molecule has 0 spiro atoms. The van der Waals surface area contributed by atoms with Crippen LogP contribution in [0.2, 0.25) is 0 Å². The Morgan fingerprint density at radius 2 is 2.06 bits per heavy atom. The third-order valence-electron chi connectivity index (χ3n) is 2.80. The van der Waals surface area contributed by atoms with Gasteiger partial charge in [-0.2, -0.15) is 0 Å². The van der Waals surface area contributed by atoms with Crippen molar-refractivity contribution in [2.24, 2.45) is 0 Å². The van der Waals surface area contributed by atoms with Gasteiger partial charge in [0.1, 0.15) is 17.1 Å². The summed E-state index contributed by atoms with van der Waals surface area (Å²) in [4.78, 5) is 4.50. The maximum Gasteiger partial charge on any atom is 0.137 e. The molecule has 0 amide bonds. The predicted octanol–water partition coefficient (Wildman–Crippen LogP) is 2.72. The van der Waals surface area contributed by atoms with Crippen molar-refractivity contribution in [1.82, 2.24) is 9.38 Å². The van der Waals surface area contributed by atoms with Gasteiger partial charge in [-0.15, -0.1) is 0 Å². The Morgan fingerprint density at radius 1 is 1.17 bits per heavy atom. The lowest BCUT2D eigenvalue weighted by Crippen LogP contribution is -1.86. The Balaban J connectivity index is 2.13. The van der Waals surface area contributed by atoms with Crippen LogP contribution >= 0.6 is 0 Å². The van der Waals surface area contributed by atoms with Crippen LogP contribution in [0.4, 0.5) is 0 Å². The Labute approximate surface area is 104 Å². The largest absolute Gasteiger partial charge is 0.508 e. The zero-order valence-corrected chi connectivity index (χ0v) is 9.87. The van der Waals surface area contributed by atoms with Gasteiger partial charge in [0.05, 0.1) is 19.0 Å².